The van der Waals surface area contributed by atoms with Crippen LogP contribution >= 0.6 is 0 Å². The van der Waals surface area contributed by atoms with Crippen molar-refractivity contribution in [1.82, 2.24) is 15.1 Å². The molecule has 1 N–H and O–H groups in total. The minimum Gasteiger partial charge on any atom is -0.368 e. The number of urea groups is 1. The van der Waals surface area contributed by atoms with E-state index in [1.807, 2.05) is 30.3 Å². The maximum Gasteiger partial charge on any atom is 0.325 e. The van der Waals surface area contributed by atoms with E-state index in [0.717, 1.165) is 23.7 Å². The molecule has 22 heavy (non-hydrogen) atoms. The van der Waals surface area contributed by atoms with E-state index in [1.165, 1.54) is 0 Å². The highest BCUT2D eigenvalue weighted by Gasteiger charge is 2.32. The van der Waals surface area contributed by atoms with E-state index in [2.05, 4.69) is 10.2 Å². The van der Waals surface area contributed by atoms with Crippen LogP contribution in [0.2, 0.25) is 0 Å². The standard InChI is InChI=1S/C15H18N4O3/c20-13-10-16-15(22)19(13)11-14(21)18-8-6-17(7-9-18)12-4-2-1-3-5-12/h1-5H,6-11H2,(H,16,22). The van der Waals surface area contributed by atoms with Gasteiger partial charge in [-0.15, -0.1) is 0 Å². The summed E-state index contributed by atoms with van der Waals surface area (Å²) in [5.74, 6) is -0.528. The van der Waals surface area contributed by atoms with Crippen LogP contribution in [-0.4, -0.2) is 66.9 Å². The maximum atomic E-state index is 12.2. The van der Waals surface area contributed by atoms with Crippen LogP contribution in [0.25, 0.3) is 0 Å². The van der Waals surface area contributed by atoms with Crippen molar-refractivity contribution in [1.29, 1.82) is 0 Å². The molecule has 4 amide bonds. The number of amides is 4. The van der Waals surface area contributed by atoms with Crippen LogP contribution in [-0.2, 0) is 9.59 Å². The molecule has 1 aromatic rings. The van der Waals surface area contributed by atoms with Gasteiger partial charge in [0.2, 0.25) is 5.91 Å². The lowest BCUT2D eigenvalue weighted by atomic mass is 10.2. The lowest BCUT2D eigenvalue weighted by Crippen LogP contribution is -2.52. The van der Waals surface area contributed by atoms with E-state index in [4.69, 9.17) is 0 Å². The number of benzene rings is 1. The van der Waals surface area contributed by atoms with Gasteiger partial charge in [0.05, 0.1) is 6.54 Å². The predicted molar refractivity (Wildman–Crippen MR) is 80.3 cm³/mol. The van der Waals surface area contributed by atoms with Crippen molar-refractivity contribution in [2.24, 2.45) is 0 Å². The van der Waals surface area contributed by atoms with Crippen LogP contribution in [0.5, 0.6) is 0 Å². The van der Waals surface area contributed by atoms with E-state index >= 15 is 0 Å². The van der Waals surface area contributed by atoms with Gasteiger partial charge in [-0.2, -0.15) is 0 Å². The Bertz CT molecular complexity index is 566. The maximum absolute atomic E-state index is 12.2. The molecule has 0 spiro atoms. The van der Waals surface area contributed by atoms with E-state index in [1.54, 1.807) is 4.90 Å². The average molecular weight is 302 g/mol. The normalized spacial score (nSPS) is 18.6. The number of imide groups is 1. The minimum atomic E-state index is -0.485. The van der Waals surface area contributed by atoms with Gasteiger partial charge in [-0.3, -0.25) is 14.5 Å². The number of rotatable bonds is 3. The van der Waals surface area contributed by atoms with Gasteiger partial charge in [-0.1, -0.05) is 18.2 Å². The summed E-state index contributed by atoms with van der Waals surface area (Å²) in [6.07, 6.45) is 0. The Balaban J connectivity index is 1.54. The van der Waals surface area contributed by atoms with E-state index < -0.39 is 6.03 Å². The largest absolute Gasteiger partial charge is 0.368 e. The number of hydrogen-bond acceptors (Lipinski definition) is 4. The molecule has 0 aliphatic carbocycles. The fraction of sp³-hybridized carbons (Fsp3) is 0.400. The van der Waals surface area contributed by atoms with Gasteiger partial charge in [0.15, 0.2) is 0 Å². The highest BCUT2D eigenvalue weighted by atomic mass is 16.2. The zero-order chi connectivity index (χ0) is 15.5. The van der Waals surface area contributed by atoms with Gasteiger partial charge in [0.25, 0.3) is 5.91 Å². The molecule has 116 valence electrons. The Morgan fingerprint density at radius 2 is 1.73 bits per heavy atom. The Morgan fingerprint density at radius 3 is 2.32 bits per heavy atom. The number of carbonyl (C=O) groups is 3. The third-order valence-electron chi connectivity index (χ3n) is 3.98. The summed E-state index contributed by atoms with van der Waals surface area (Å²) < 4.78 is 0. The van der Waals surface area contributed by atoms with Crippen LogP contribution in [0.15, 0.2) is 30.3 Å². The molecular weight excluding hydrogens is 284 g/mol. The Morgan fingerprint density at radius 1 is 1.05 bits per heavy atom. The van der Waals surface area contributed by atoms with Gasteiger partial charge in [0, 0.05) is 31.9 Å². The van der Waals surface area contributed by atoms with Crippen molar-refractivity contribution < 1.29 is 14.4 Å². The average Bonchev–Trinajstić information content (AvgIpc) is 2.88. The van der Waals surface area contributed by atoms with Crippen molar-refractivity contribution in [2.45, 2.75) is 0 Å². The van der Waals surface area contributed by atoms with Crippen LogP contribution in [0.4, 0.5) is 10.5 Å². The predicted octanol–water partition coefficient (Wildman–Crippen LogP) is -0.113. The van der Waals surface area contributed by atoms with E-state index in [0.29, 0.717) is 13.1 Å². The molecule has 0 bridgehead atoms. The van der Waals surface area contributed by atoms with E-state index in [-0.39, 0.29) is 24.9 Å². The van der Waals surface area contributed by atoms with Crippen molar-refractivity contribution >= 4 is 23.5 Å². The number of nitrogens with zero attached hydrogens (tertiary/aromatic N) is 3. The molecule has 2 heterocycles. The van der Waals surface area contributed by atoms with Gasteiger partial charge in [-0.05, 0) is 12.1 Å². The molecule has 7 heteroatoms. The topological polar surface area (TPSA) is 73.0 Å². The monoisotopic (exact) mass is 302 g/mol. The zero-order valence-electron chi connectivity index (χ0n) is 12.2. The van der Waals surface area contributed by atoms with Crippen molar-refractivity contribution in [3.05, 3.63) is 30.3 Å². The van der Waals surface area contributed by atoms with Crippen LogP contribution in [0.3, 0.4) is 0 Å². The van der Waals surface area contributed by atoms with Crippen molar-refractivity contribution in [3.63, 3.8) is 0 Å². The van der Waals surface area contributed by atoms with Gasteiger partial charge < -0.3 is 15.1 Å². The Hall–Kier alpha value is -2.57. The van der Waals surface area contributed by atoms with Gasteiger partial charge in [-0.25, -0.2) is 4.79 Å². The molecular formula is C15H18N4O3. The summed E-state index contributed by atoms with van der Waals surface area (Å²) in [7, 11) is 0. The van der Waals surface area contributed by atoms with Gasteiger partial charge >= 0.3 is 6.03 Å². The second kappa shape index (κ2) is 6.05. The molecule has 2 fully saturated rings. The van der Waals surface area contributed by atoms with Crippen LogP contribution in [0.1, 0.15) is 0 Å². The van der Waals surface area contributed by atoms with Crippen LogP contribution in [0, 0.1) is 0 Å². The first-order valence-corrected chi connectivity index (χ1v) is 7.31. The first-order chi connectivity index (χ1) is 10.6. The highest BCUT2D eigenvalue weighted by molar-refractivity contribution is 6.04. The molecule has 1 aromatic carbocycles. The molecule has 0 saturated carbocycles. The lowest BCUT2D eigenvalue weighted by Gasteiger charge is -2.36. The molecule has 0 unspecified atom stereocenters. The number of carbonyl (C=O) groups excluding carboxylic acids is 3. The first kappa shape index (κ1) is 14.4. The number of para-hydroxylation sites is 1. The third-order valence-corrected chi connectivity index (χ3v) is 3.98. The molecule has 7 nitrogen and oxygen atoms in total. The summed E-state index contributed by atoms with van der Waals surface area (Å²) in [5, 5.41) is 2.41. The van der Waals surface area contributed by atoms with Gasteiger partial charge in [0.1, 0.15) is 6.54 Å². The third kappa shape index (κ3) is 2.88. The molecule has 2 aliphatic heterocycles. The highest BCUT2D eigenvalue weighted by Crippen LogP contribution is 2.15. The Kier molecular flexibility index (Phi) is 3.95. The second-order valence-corrected chi connectivity index (χ2v) is 5.34. The number of piperazine rings is 1. The second-order valence-electron chi connectivity index (χ2n) is 5.34. The molecule has 3 rings (SSSR count). The zero-order valence-corrected chi connectivity index (χ0v) is 12.2. The fourth-order valence-electron chi connectivity index (χ4n) is 2.70. The van der Waals surface area contributed by atoms with Crippen molar-refractivity contribution in [2.75, 3.05) is 44.2 Å². The molecule has 2 saturated heterocycles. The summed E-state index contributed by atoms with van der Waals surface area (Å²) >= 11 is 0. The number of anilines is 1. The number of nitrogens with one attached hydrogen (secondary N) is 1. The number of hydrogen-bond donors (Lipinski definition) is 1. The first-order valence-electron chi connectivity index (χ1n) is 7.31. The van der Waals surface area contributed by atoms with Crippen LogP contribution < -0.4 is 10.2 Å². The molecule has 0 radical (unpaired) electrons. The van der Waals surface area contributed by atoms with Crippen molar-refractivity contribution in [3.8, 4) is 0 Å². The molecule has 2 aliphatic rings. The summed E-state index contributed by atoms with van der Waals surface area (Å²) in [5.41, 5.74) is 1.14. The molecule has 0 aromatic heterocycles. The minimum absolute atomic E-state index is 0.0199. The fourth-order valence-corrected chi connectivity index (χ4v) is 2.70. The summed E-state index contributed by atoms with van der Waals surface area (Å²) in [6.45, 7) is 2.49. The summed E-state index contributed by atoms with van der Waals surface area (Å²) in [6, 6.07) is 9.56. The smallest absolute Gasteiger partial charge is 0.325 e. The lowest BCUT2D eigenvalue weighted by molar-refractivity contribution is -0.136. The Labute approximate surface area is 128 Å². The SMILES string of the molecule is O=C(CN1C(=O)CNC1=O)N1CCN(c2ccccc2)CC1. The molecule has 0 atom stereocenters. The summed E-state index contributed by atoms with van der Waals surface area (Å²) in [4.78, 5) is 40.1. The quantitative estimate of drug-likeness (QED) is 0.791. The van der Waals surface area contributed by atoms with E-state index in [9.17, 15) is 14.4 Å².